The van der Waals surface area contributed by atoms with Gasteiger partial charge >= 0.3 is 0 Å². The van der Waals surface area contributed by atoms with Gasteiger partial charge in [0, 0.05) is 13.1 Å². The second-order valence-electron chi connectivity index (χ2n) is 4.86. The summed E-state index contributed by atoms with van der Waals surface area (Å²) < 4.78 is 0. The highest BCUT2D eigenvalue weighted by molar-refractivity contribution is 5.86. The second kappa shape index (κ2) is 7.91. The average molecular weight is 249 g/mol. The smallest absolute Gasteiger partial charge is 0.232 e. The molecule has 0 atom stereocenters. The molecule has 1 amide bonds. The zero-order valence-electron chi connectivity index (χ0n) is 12.5. The van der Waals surface area contributed by atoms with Gasteiger partial charge in [-0.1, -0.05) is 37.8 Å². The Morgan fingerprint density at radius 3 is 2.33 bits per heavy atom. The summed E-state index contributed by atoms with van der Waals surface area (Å²) in [6.45, 7) is 15.4. The summed E-state index contributed by atoms with van der Waals surface area (Å²) >= 11 is 0. The molecular weight excluding hydrogens is 222 g/mol. The van der Waals surface area contributed by atoms with E-state index in [0.29, 0.717) is 0 Å². The van der Waals surface area contributed by atoms with Gasteiger partial charge < -0.3 is 4.90 Å². The molecule has 102 valence electrons. The zero-order chi connectivity index (χ0) is 14.2. The van der Waals surface area contributed by atoms with Crippen molar-refractivity contribution in [3.63, 3.8) is 0 Å². The van der Waals surface area contributed by atoms with Crippen LogP contribution in [0.15, 0.2) is 36.5 Å². The molecule has 0 saturated heterocycles. The molecule has 0 radical (unpaired) electrons. The Balaban J connectivity index is 5.20. The van der Waals surface area contributed by atoms with Crippen molar-refractivity contribution in [3.8, 4) is 0 Å². The number of allylic oxidation sites excluding steroid dienone is 4. The van der Waals surface area contributed by atoms with Crippen molar-refractivity contribution in [1.29, 1.82) is 0 Å². The van der Waals surface area contributed by atoms with E-state index in [4.69, 9.17) is 0 Å². The molecule has 18 heavy (non-hydrogen) atoms. The number of amides is 1. The van der Waals surface area contributed by atoms with Crippen molar-refractivity contribution in [2.24, 2.45) is 5.41 Å². The molecule has 2 nitrogen and oxygen atoms in total. The van der Waals surface area contributed by atoms with Crippen molar-refractivity contribution in [2.45, 2.75) is 41.0 Å². The third-order valence-corrected chi connectivity index (χ3v) is 3.11. The molecule has 0 heterocycles. The van der Waals surface area contributed by atoms with Gasteiger partial charge in [0.15, 0.2) is 0 Å². The van der Waals surface area contributed by atoms with Crippen molar-refractivity contribution >= 4 is 5.91 Å². The number of nitrogens with zero attached hydrogens (tertiary/aromatic N) is 1. The minimum Gasteiger partial charge on any atom is -0.342 e. The molecule has 0 aliphatic heterocycles. The standard InChI is InChI=1S/C16H27NO/c1-7-11-12-14(9-3)16(5,6)15(18)17(10-4)13-8-2/h7,9,11-12H,3,8,10,13H2,1-2,4-6H3/b11-7-,14-12+. The number of hydrogen-bond donors (Lipinski definition) is 0. The lowest BCUT2D eigenvalue weighted by Crippen LogP contribution is -2.42. The summed E-state index contributed by atoms with van der Waals surface area (Å²) in [6.07, 6.45) is 8.62. The molecule has 0 aromatic heterocycles. The number of carbonyl (C=O) groups excluding carboxylic acids is 1. The highest BCUT2D eigenvalue weighted by Gasteiger charge is 2.33. The van der Waals surface area contributed by atoms with Crippen LogP contribution in [0.5, 0.6) is 0 Å². The van der Waals surface area contributed by atoms with Crippen LogP contribution in [0.25, 0.3) is 0 Å². The highest BCUT2D eigenvalue weighted by Crippen LogP contribution is 2.29. The van der Waals surface area contributed by atoms with Crippen LogP contribution in [0, 0.1) is 5.41 Å². The molecule has 0 aromatic carbocycles. The second-order valence-corrected chi connectivity index (χ2v) is 4.86. The van der Waals surface area contributed by atoms with Gasteiger partial charge in [-0.15, -0.1) is 0 Å². The summed E-state index contributed by atoms with van der Waals surface area (Å²) in [4.78, 5) is 14.5. The third-order valence-electron chi connectivity index (χ3n) is 3.11. The molecule has 0 aliphatic rings. The van der Waals surface area contributed by atoms with Gasteiger partial charge in [-0.3, -0.25) is 4.79 Å². The summed E-state index contributed by atoms with van der Waals surface area (Å²) in [7, 11) is 0. The molecule has 0 aromatic rings. The van der Waals surface area contributed by atoms with Crippen LogP contribution in [0.1, 0.15) is 41.0 Å². The van der Waals surface area contributed by atoms with E-state index in [-0.39, 0.29) is 5.91 Å². The Morgan fingerprint density at radius 1 is 1.33 bits per heavy atom. The highest BCUT2D eigenvalue weighted by atomic mass is 16.2. The van der Waals surface area contributed by atoms with Gasteiger partial charge in [0.1, 0.15) is 0 Å². The summed E-state index contributed by atoms with van der Waals surface area (Å²) in [6, 6.07) is 0. The summed E-state index contributed by atoms with van der Waals surface area (Å²) in [5, 5.41) is 0. The Hall–Kier alpha value is -1.31. The summed E-state index contributed by atoms with van der Waals surface area (Å²) in [5.41, 5.74) is 0.437. The molecule has 0 bridgehead atoms. The number of hydrogen-bond acceptors (Lipinski definition) is 1. The largest absolute Gasteiger partial charge is 0.342 e. The zero-order valence-corrected chi connectivity index (χ0v) is 12.5. The van der Waals surface area contributed by atoms with Crippen molar-refractivity contribution in [1.82, 2.24) is 4.90 Å². The van der Waals surface area contributed by atoms with Gasteiger partial charge in [0.25, 0.3) is 0 Å². The van der Waals surface area contributed by atoms with Crippen LogP contribution in [0.3, 0.4) is 0 Å². The Labute approximate surface area is 112 Å². The first kappa shape index (κ1) is 16.7. The minimum atomic E-state index is -0.521. The fraction of sp³-hybridized carbons (Fsp3) is 0.562. The van der Waals surface area contributed by atoms with E-state index >= 15 is 0 Å². The van der Waals surface area contributed by atoms with Crippen LogP contribution in [-0.2, 0) is 4.79 Å². The monoisotopic (exact) mass is 249 g/mol. The fourth-order valence-corrected chi connectivity index (χ4v) is 1.92. The van der Waals surface area contributed by atoms with E-state index in [1.54, 1.807) is 6.08 Å². The normalized spacial score (nSPS) is 12.8. The SMILES string of the molecule is C=C/C(=C\C=C/C)C(C)(C)C(=O)N(CC)CCC. The first-order valence-corrected chi connectivity index (χ1v) is 6.70. The van der Waals surface area contributed by atoms with E-state index in [0.717, 1.165) is 25.1 Å². The van der Waals surface area contributed by atoms with Crippen molar-refractivity contribution in [3.05, 3.63) is 36.5 Å². The van der Waals surface area contributed by atoms with E-state index in [1.807, 2.05) is 50.8 Å². The predicted molar refractivity (Wildman–Crippen MR) is 79.4 cm³/mol. The lowest BCUT2D eigenvalue weighted by molar-refractivity contribution is -0.138. The van der Waals surface area contributed by atoms with Gasteiger partial charge in [-0.2, -0.15) is 0 Å². The Morgan fingerprint density at radius 2 is 1.94 bits per heavy atom. The van der Waals surface area contributed by atoms with Gasteiger partial charge in [-0.05, 0) is 39.7 Å². The minimum absolute atomic E-state index is 0.169. The van der Waals surface area contributed by atoms with E-state index in [9.17, 15) is 4.79 Å². The topological polar surface area (TPSA) is 20.3 Å². The molecule has 0 fully saturated rings. The molecule has 0 unspecified atom stereocenters. The van der Waals surface area contributed by atoms with Crippen LogP contribution in [-0.4, -0.2) is 23.9 Å². The molecule has 0 rings (SSSR count). The molecule has 2 heteroatoms. The van der Waals surface area contributed by atoms with E-state index in [1.165, 1.54) is 0 Å². The maximum Gasteiger partial charge on any atom is 0.232 e. The first-order valence-electron chi connectivity index (χ1n) is 6.70. The lowest BCUT2D eigenvalue weighted by Gasteiger charge is -2.32. The molecule has 0 aliphatic carbocycles. The molecular formula is C16H27NO. The lowest BCUT2D eigenvalue weighted by atomic mass is 9.82. The van der Waals surface area contributed by atoms with Gasteiger partial charge in [0.2, 0.25) is 5.91 Å². The average Bonchev–Trinajstić information content (AvgIpc) is 2.35. The predicted octanol–water partition coefficient (Wildman–Crippen LogP) is 3.96. The Bertz CT molecular complexity index is 337. The van der Waals surface area contributed by atoms with Crippen LogP contribution < -0.4 is 0 Å². The van der Waals surface area contributed by atoms with E-state index < -0.39 is 5.41 Å². The van der Waals surface area contributed by atoms with Gasteiger partial charge in [0.05, 0.1) is 5.41 Å². The number of carbonyl (C=O) groups is 1. The summed E-state index contributed by atoms with van der Waals surface area (Å²) in [5.74, 6) is 0.169. The molecule has 0 spiro atoms. The van der Waals surface area contributed by atoms with Crippen LogP contribution in [0.4, 0.5) is 0 Å². The van der Waals surface area contributed by atoms with Crippen LogP contribution in [0.2, 0.25) is 0 Å². The first-order chi connectivity index (χ1) is 8.45. The van der Waals surface area contributed by atoms with Crippen LogP contribution >= 0.6 is 0 Å². The molecule has 0 saturated carbocycles. The van der Waals surface area contributed by atoms with Crippen molar-refractivity contribution in [2.75, 3.05) is 13.1 Å². The van der Waals surface area contributed by atoms with E-state index in [2.05, 4.69) is 13.5 Å². The molecule has 0 N–H and O–H groups in total. The maximum atomic E-state index is 12.6. The Kier molecular flexibility index (Phi) is 7.33. The van der Waals surface area contributed by atoms with Gasteiger partial charge in [-0.25, -0.2) is 0 Å². The van der Waals surface area contributed by atoms with Crippen molar-refractivity contribution < 1.29 is 4.79 Å². The fourth-order valence-electron chi connectivity index (χ4n) is 1.92. The quantitative estimate of drug-likeness (QED) is 0.625. The third kappa shape index (κ3) is 4.17. The maximum absolute atomic E-state index is 12.6. The number of rotatable bonds is 7.